The van der Waals surface area contributed by atoms with E-state index in [-0.39, 0.29) is 98.6 Å². The molecule has 9 atom stereocenters. The van der Waals surface area contributed by atoms with Crippen LogP contribution < -0.4 is 26.0 Å². The van der Waals surface area contributed by atoms with Crippen LogP contribution in [0.25, 0.3) is 31.3 Å². The number of β-amino-alcohol motifs (C(OH)–C–C–N with tert-alkyl or cyclic N) is 3. The highest BCUT2D eigenvalue weighted by Gasteiger charge is 2.47. The van der Waals surface area contributed by atoms with Gasteiger partial charge >= 0.3 is 0 Å². The fourth-order valence-electron chi connectivity index (χ4n) is 14.3. The third kappa shape index (κ3) is 19.6. The highest BCUT2D eigenvalue weighted by Crippen LogP contribution is 2.34. The Morgan fingerprint density at radius 3 is 1.42 bits per heavy atom. The average molecular weight is 1530 g/mol. The number of hydrogen-bond donors (Lipinski definition) is 7. The molecule has 4 aliphatic heterocycles. The lowest BCUT2D eigenvalue weighted by Gasteiger charge is -2.35. The van der Waals surface area contributed by atoms with Crippen LogP contribution in [0.15, 0.2) is 156 Å². The second-order valence-electron chi connectivity index (χ2n) is 28.6. The fraction of sp³-hybridized carbons (Fsp3) is 0.386. The first-order chi connectivity index (χ1) is 52.5. The van der Waals surface area contributed by atoms with E-state index in [0.29, 0.717) is 48.7 Å². The number of carbonyl (C=O) groups is 7. The SMILES string of the molecule is CC[C@H](C)[C@H](NCCc1ccccc1)C(=O)N1C[C@H](O)C[C@H]1C(=O)NCc1ccc(-c2scnc2C)cc1.COc1ccc(C)c(C(=O)N2C[C@H](O)C[C@H]2C(=O)NCc2ccc(-c3scnc3C)cc2)c1.Cc1ncsc1-c1ccc(CNC(=O)[C@@H]2C[C@@H](O)CN2C(=O)[C@H](C(C)C)N2Cc3ncccc3C2=O)cc1. The topological polar surface area (TPSA) is 302 Å². The van der Waals surface area contributed by atoms with Gasteiger partial charge in [0.25, 0.3) is 11.8 Å². The van der Waals surface area contributed by atoms with E-state index in [1.165, 1.54) is 20.3 Å². The standard InChI is InChI=1S/C30H38N4O3S.C28H31N5O4S.C25H27N3O4S/c1-4-20(2)27(31-15-14-22-8-6-5-7-9-22)30(37)34-18-25(35)16-26(34)29(36)32-17-23-10-12-24(13-11-23)28-21(3)33-19-38-28;1-16(2)24(33-14-22-21(27(33)36)5-4-10-29-22)28(37)32-13-20(34)11-23(32)26(35)30-12-18-6-8-19(9-7-18)25-17(3)31-15-38-25;1-15-4-9-20(32-3)11-21(15)25(31)28-13-19(29)10-22(28)24(30)26-12-17-5-7-18(8-6-17)23-16(2)27-14-33-23/h5-13,19-20,25-27,31,35H,4,14-18H2,1-3H3,(H,32,36);4-10,15-16,20,23-24,34H,11-14H2,1-3H3,(H,30,35);4-9,11,14,19,22,29H,10,12-13H2,1-3H3,(H,26,30)/t20-,25+,26-,27-;20-,23+,24+;19-,22+/m011/s1. The number of nitrogens with one attached hydrogen (secondary N) is 4. The smallest absolute Gasteiger partial charge is 0.256 e. The fourth-order valence-corrected chi connectivity index (χ4v) is 16.7. The number of benzene rings is 5. The summed E-state index contributed by atoms with van der Waals surface area (Å²) < 4.78 is 5.24. The molecule has 0 saturated carbocycles. The number of aliphatic hydroxyl groups excluding tert-OH is 3. The van der Waals surface area contributed by atoms with Crippen LogP contribution in [0.5, 0.6) is 5.75 Å². The molecule has 8 heterocycles. The maximum atomic E-state index is 13.8. The molecule has 7 N–H and O–H groups in total. The van der Waals surface area contributed by atoms with Crippen molar-refractivity contribution < 1.29 is 53.6 Å². The van der Waals surface area contributed by atoms with E-state index >= 15 is 0 Å². The van der Waals surface area contributed by atoms with Gasteiger partial charge in [0.1, 0.15) is 29.9 Å². The Morgan fingerprint density at radius 2 is 1.00 bits per heavy atom. The van der Waals surface area contributed by atoms with Gasteiger partial charge in [-0.2, -0.15) is 0 Å². The third-order valence-electron chi connectivity index (χ3n) is 20.6. The molecule has 109 heavy (non-hydrogen) atoms. The lowest BCUT2D eigenvalue weighted by molar-refractivity contribution is -0.143. The van der Waals surface area contributed by atoms with Crippen LogP contribution in [0.4, 0.5) is 0 Å². The molecule has 7 amide bonds. The van der Waals surface area contributed by atoms with E-state index in [0.717, 1.165) is 83.5 Å². The lowest BCUT2D eigenvalue weighted by Crippen LogP contribution is -2.55. The van der Waals surface area contributed by atoms with E-state index in [9.17, 15) is 48.9 Å². The van der Waals surface area contributed by atoms with E-state index in [4.69, 9.17) is 4.74 Å². The van der Waals surface area contributed by atoms with Gasteiger partial charge in [-0.25, -0.2) is 15.0 Å². The molecule has 4 aliphatic rings. The molecule has 0 bridgehead atoms. The molecule has 5 aromatic carbocycles. The molecule has 13 rings (SSSR count). The molecule has 0 unspecified atom stereocenters. The van der Waals surface area contributed by atoms with Gasteiger partial charge in [-0.15, -0.1) is 34.0 Å². The normalized spacial score (nSPS) is 18.8. The van der Waals surface area contributed by atoms with Crippen LogP contribution in [0, 0.1) is 39.5 Å². The third-order valence-corrected chi connectivity index (χ3v) is 23.5. The molecule has 4 aromatic heterocycles. The molecule has 9 aromatic rings. The zero-order chi connectivity index (χ0) is 77.6. The summed E-state index contributed by atoms with van der Waals surface area (Å²) in [5.41, 5.74) is 18.2. The molecule has 0 aliphatic carbocycles. The van der Waals surface area contributed by atoms with Crippen molar-refractivity contribution >= 4 is 75.4 Å². The van der Waals surface area contributed by atoms with Gasteiger partial charge in [0.2, 0.25) is 29.5 Å². The summed E-state index contributed by atoms with van der Waals surface area (Å²) in [5, 5.41) is 43.3. The minimum Gasteiger partial charge on any atom is -0.497 e. The number of thiazole rings is 3. The number of aliphatic hydroxyl groups is 3. The van der Waals surface area contributed by atoms with E-state index in [1.54, 1.807) is 76.5 Å². The number of ether oxygens (including phenoxy) is 1. The molecule has 26 heteroatoms. The number of methoxy groups -OCH3 is 1. The maximum Gasteiger partial charge on any atom is 0.256 e. The van der Waals surface area contributed by atoms with Crippen LogP contribution in [0.2, 0.25) is 0 Å². The van der Waals surface area contributed by atoms with Crippen molar-refractivity contribution in [1.82, 2.24) is 60.8 Å². The van der Waals surface area contributed by atoms with E-state index < -0.39 is 48.5 Å². The zero-order valence-corrected chi connectivity index (χ0v) is 65.3. The van der Waals surface area contributed by atoms with Crippen LogP contribution >= 0.6 is 34.0 Å². The van der Waals surface area contributed by atoms with Crippen molar-refractivity contribution in [2.75, 3.05) is 33.3 Å². The molecule has 0 spiro atoms. The number of aromatic nitrogens is 4. The number of nitrogens with zero attached hydrogens (tertiary/aromatic N) is 8. The predicted molar refractivity (Wildman–Crippen MR) is 422 cm³/mol. The van der Waals surface area contributed by atoms with Crippen molar-refractivity contribution in [3.63, 3.8) is 0 Å². The number of hydrogen-bond acceptors (Lipinski definition) is 19. The van der Waals surface area contributed by atoms with Crippen molar-refractivity contribution in [2.45, 2.75) is 162 Å². The minimum absolute atomic E-state index is 0.0519. The summed E-state index contributed by atoms with van der Waals surface area (Å²) in [6, 6.07) is 39.4. The number of aryl methyl sites for hydroxylation is 4. The Morgan fingerprint density at radius 1 is 0.550 bits per heavy atom. The van der Waals surface area contributed by atoms with Crippen molar-refractivity contribution in [1.29, 1.82) is 0 Å². The Labute approximate surface area is 648 Å². The Bertz CT molecular complexity index is 4630. The number of pyridine rings is 1. The number of carbonyl (C=O) groups excluding carboxylic acids is 7. The molecule has 23 nitrogen and oxygen atoms in total. The summed E-state index contributed by atoms with van der Waals surface area (Å²) in [5.74, 6) is -1.32. The number of likely N-dealkylation sites (tertiary alicyclic amines) is 3. The zero-order valence-electron chi connectivity index (χ0n) is 62.9. The van der Waals surface area contributed by atoms with E-state index in [2.05, 4.69) is 67.2 Å². The second-order valence-corrected chi connectivity index (χ2v) is 31.1. The highest BCUT2D eigenvalue weighted by atomic mass is 32.1. The first kappa shape index (κ1) is 80.1. The molecule has 0 radical (unpaired) electrons. The summed E-state index contributed by atoms with van der Waals surface area (Å²) >= 11 is 4.79. The molecule has 3 saturated heterocycles. The van der Waals surface area contributed by atoms with Crippen molar-refractivity contribution in [2.24, 2.45) is 11.8 Å². The van der Waals surface area contributed by atoms with Gasteiger partial charge in [-0.3, -0.25) is 38.5 Å². The molecular weight excluding hydrogens is 1440 g/mol. The molecule has 572 valence electrons. The van der Waals surface area contributed by atoms with Crippen molar-refractivity contribution in [3.8, 4) is 37.1 Å². The van der Waals surface area contributed by atoms with Crippen LogP contribution in [-0.4, -0.2) is 178 Å². The summed E-state index contributed by atoms with van der Waals surface area (Å²) in [6.07, 6.45) is 1.64. The van der Waals surface area contributed by atoms with Gasteiger partial charge in [-0.05, 0) is 121 Å². The summed E-state index contributed by atoms with van der Waals surface area (Å²) in [7, 11) is 1.54. The Hall–Kier alpha value is -9.93. The number of fused-ring (bicyclic) bond motifs is 1. The lowest BCUT2D eigenvalue weighted by atomic mass is 9.97. The summed E-state index contributed by atoms with van der Waals surface area (Å²) in [4.78, 5) is 120. The summed E-state index contributed by atoms with van der Waals surface area (Å²) in [6.45, 7) is 17.9. The van der Waals surface area contributed by atoms with Gasteiger partial charge in [0.05, 0.1) is 97.5 Å². The quantitative estimate of drug-likeness (QED) is 0.0296. The highest BCUT2D eigenvalue weighted by molar-refractivity contribution is 7.14. The minimum atomic E-state index is -0.809. The second kappa shape index (κ2) is 37.0. The number of rotatable bonds is 24. The van der Waals surface area contributed by atoms with Crippen LogP contribution in [-0.2, 0) is 56.6 Å². The van der Waals surface area contributed by atoms with Gasteiger partial charge in [0, 0.05) is 70.3 Å². The molecule has 3 fully saturated rings. The van der Waals surface area contributed by atoms with Gasteiger partial charge in [-0.1, -0.05) is 143 Å². The van der Waals surface area contributed by atoms with Gasteiger partial charge < -0.3 is 60.9 Å². The molecular formula is C83H96N12O11S3. The number of amides is 7. The maximum absolute atomic E-state index is 13.8. The van der Waals surface area contributed by atoms with Gasteiger partial charge in [0.15, 0.2) is 0 Å². The van der Waals surface area contributed by atoms with E-state index in [1.807, 2.05) is 155 Å². The Kier molecular flexibility index (Phi) is 27.2. The van der Waals surface area contributed by atoms with Crippen LogP contribution in [0.1, 0.15) is 125 Å². The predicted octanol–water partition coefficient (Wildman–Crippen LogP) is 10.0. The first-order valence-electron chi connectivity index (χ1n) is 36.9. The first-order valence-corrected chi connectivity index (χ1v) is 39.6. The average Bonchev–Trinajstić information content (AvgIpc) is 1.64. The van der Waals surface area contributed by atoms with Crippen molar-refractivity contribution in [3.05, 3.63) is 218 Å². The largest absolute Gasteiger partial charge is 0.497 e. The monoisotopic (exact) mass is 1530 g/mol. The Balaban J connectivity index is 0.000000163. The van der Waals surface area contributed by atoms with Crippen LogP contribution in [0.3, 0.4) is 0 Å².